The molecule has 0 bridgehead atoms. The summed E-state index contributed by atoms with van der Waals surface area (Å²) in [7, 11) is 0. The smallest absolute Gasteiger partial charge is 0.186 e. The molecule has 0 radical (unpaired) electrons. The molecule has 3 rings (SSSR count). The van der Waals surface area contributed by atoms with Crippen molar-refractivity contribution in [1.82, 2.24) is 0 Å². The van der Waals surface area contributed by atoms with E-state index in [1.807, 2.05) is 42.5 Å². The molecule has 4 heteroatoms. The van der Waals surface area contributed by atoms with Gasteiger partial charge in [-0.25, -0.2) is 0 Å². The van der Waals surface area contributed by atoms with Crippen molar-refractivity contribution in [3.63, 3.8) is 0 Å². The predicted octanol–water partition coefficient (Wildman–Crippen LogP) is 4.08. The average molecular weight is 275 g/mol. The summed E-state index contributed by atoms with van der Waals surface area (Å²) in [5, 5.41) is 10.3. The second-order valence-electron chi connectivity index (χ2n) is 4.01. The third kappa shape index (κ3) is 2.07. The molecule has 0 unspecified atom stereocenters. The van der Waals surface area contributed by atoms with Crippen molar-refractivity contribution >= 4 is 22.6 Å². The number of furan rings is 1. The average Bonchev–Trinajstić information content (AvgIpc) is 2.78. The van der Waals surface area contributed by atoms with Crippen LogP contribution in [0.3, 0.4) is 0 Å². The Balaban J connectivity index is 2.22. The summed E-state index contributed by atoms with van der Waals surface area (Å²) in [6.45, 7) is -0.394. The topological polar surface area (TPSA) is 42.6 Å². The fourth-order valence-corrected chi connectivity index (χ4v) is 2.33. The molecule has 1 N–H and O–H groups in total. The minimum Gasteiger partial charge on any atom is -0.467 e. The van der Waals surface area contributed by atoms with Crippen LogP contribution in [0.2, 0.25) is 5.02 Å². The Hall–Kier alpha value is -1.97. The van der Waals surface area contributed by atoms with Gasteiger partial charge in [0, 0.05) is 5.39 Å². The lowest BCUT2D eigenvalue weighted by Gasteiger charge is -2.07. The highest BCUT2D eigenvalue weighted by atomic mass is 35.5. The SMILES string of the molecule is OCOc1ccccc1-c1oc2ccccc2c1Cl. The molecular formula is C15H11ClO3. The number of benzene rings is 2. The molecule has 1 heterocycles. The van der Waals surface area contributed by atoms with Crippen molar-refractivity contribution in [2.75, 3.05) is 6.79 Å². The van der Waals surface area contributed by atoms with E-state index >= 15 is 0 Å². The summed E-state index contributed by atoms with van der Waals surface area (Å²) < 4.78 is 11.0. The highest BCUT2D eigenvalue weighted by Gasteiger charge is 2.17. The van der Waals surface area contributed by atoms with Crippen LogP contribution in [0.15, 0.2) is 52.9 Å². The molecule has 0 aliphatic carbocycles. The molecule has 0 aliphatic heterocycles. The predicted molar refractivity (Wildman–Crippen MR) is 74.4 cm³/mol. The standard InChI is InChI=1S/C15H11ClO3/c16-14-10-5-1-4-8-13(10)19-15(14)11-6-2-3-7-12(11)18-9-17/h1-8,17H,9H2. The van der Waals surface area contributed by atoms with E-state index < -0.39 is 6.79 Å². The van der Waals surface area contributed by atoms with E-state index in [4.69, 9.17) is 25.9 Å². The minimum absolute atomic E-state index is 0.394. The van der Waals surface area contributed by atoms with Crippen molar-refractivity contribution in [3.8, 4) is 17.1 Å². The van der Waals surface area contributed by atoms with Crippen molar-refractivity contribution in [2.24, 2.45) is 0 Å². The van der Waals surface area contributed by atoms with E-state index in [1.54, 1.807) is 6.07 Å². The van der Waals surface area contributed by atoms with Gasteiger partial charge in [0.15, 0.2) is 12.6 Å². The number of rotatable bonds is 3. The fourth-order valence-electron chi connectivity index (χ4n) is 2.04. The maximum absolute atomic E-state index is 8.91. The van der Waals surface area contributed by atoms with Gasteiger partial charge in [-0.05, 0) is 24.3 Å². The lowest BCUT2D eigenvalue weighted by Crippen LogP contribution is -1.96. The van der Waals surface area contributed by atoms with E-state index in [1.165, 1.54) is 0 Å². The number of hydrogen-bond donors (Lipinski definition) is 1. The van der Waals surface area contributed by atoms with Gasteiger partial charge in [-0.3, -0.25) is 0 Å². The number of para-hydroxylation sites is 2. The third-order valence-corrected chi connectivity index (χ3v) is 3.26. The fraction of sp³-hybridized carbons (Fsp3) is 0.0667. The van der Waals surface area contributed by atoms with Crippen LogP contribution >= 0.6 is 11.6 Å². The van der Waals surface area contributed by atoms with Crippen LogP contribution in [0.4, 0.5) is 0 Å². The molecule has 0 spiro atoms. The van der Waals surface area contributed by atoms with Gasteiger partial charge in [0.2, 0.25) is 0 Å². The minimum atomic E-state index is -0.394. The zero-order valence-electron chi connectivity index (χ0n) is 9.97. The van der Waals surface area contributed by atoms with E-state index in [0.29, 0.717) is 16.5 Å². The Morgan fingerprint density at radius 3 is 2.58 bits per heavy atom. The van der Waals surface area contributed by atoms with Crippen LogP contribution in [-0.4, -0.2) is 11.9 Å². The second kappa shape index (κ2) is 4.96. The molecule has 0 aliphatic rings. The Bertz CT molecular complexity index is 718. The highest BCUT2D eigenvalue weighted by molar-refractivity contribution is 6.38. The monoisotopic (exact) mass is 274 g/mol. The quantitative estimate of drug-likeness (QED) is 0.732. The van der Waals surface area contributed by atoms with Gasteiger partial charge in [-0.15, -0.1) is 0 Å². The summed E-state index contributed by atoms with van der Waals surface area (Å²) in [5.41, 5.74) is 1.44. The normalized spacial score (nSPS) is 10.8. The Morgan fingerprint density at radius 2 is 1.79 bits per heavy atom. The van der Waals surface area contributed by atoms with Gasteiger partial charge in [0.05, 0.1) is 10.6 Å². The first kappa shape index (κ1) is 12.1. The zero-order valence-corrected chi connectivity index (χ0v) is 10.7. The van der Waals surface area contributed by atoms with Gasteiger partial charge in [0.25, 0.3) is 0 Å². The Labute approximate surface area is 115 Å². The number of hydrogen-bond acceptors (Lipinski definition) is 3. The molecule has 0 fully saturated rings. The van der Waals surface area contributed by atoms with Crippen molar-refractivity contribution in [1.29, 1.82) is 0 Å². The molecule has 0 amide bonds. The molecule has 0 saturated carbocycles. The van der Waals surface area contributed by atoms with Crippen LogP contribution in [0.25, 0.3) is 22.3 Å². The van der Waals surface area contributed by atoms with Crippen molar-refractivity contribution in [3.05, 3.63) is 53.6 Å². The van der Waals surface area contributed by atoms with Crippen LogP contribution < -0.4 is 4.74 Å². The van der Waals surface area contributed by atoms with Gasteiger partial charge in [0.1, 0.15) is 11.3 Å². The maximum atomic E-state index is 8.91. The van der Waals surface area contributed by atoms with E-state index in [2.05, 4.69) is 0 Å². The number of aliphatic hydroxyl groups is 1. The van der Waals surface area contributed by atoms with Crippen LogP contribution in [-0.2, 0) is 0 Å². The van der Waals surface area contributed by atoms with Crippen LogP contribution in [0.5, 0.6) is 5.75 Å². The van der Waals surface area contributed by atoms with E-state index in [9.17, 15) is 0 Å². The maximum Gasteiger partial charge on any atom is 0.186 e. The molecule has 2 aromatic carbocycles. The Kier molecular flexibility index (Phi) is 3.15. The largest absolute Gasteiger partial charge is 0.467 e. The lowest BCUT2D eigenvalue weighted by atomic mass is 10.1. The second-order valence-corrected chi connectivity index (χ2v) is 4.39. The molecule has 19 heavy (non-hydrogen) atoms. The summed E-state index contributed by atoms with van der Waals surface area (Å²) >= 11 is 6.35. The summed E-state index contributed by atoms with van der Waals surface area (Å²) in [6, 6.07) is 14.9. The Morgan fingerprint density at radius 1 is 1.05 bits per heavy atom. The molecule has 0 saturated heterocycles. The molecule has 1 aromatic heterocycles. The molecule has 0 atom stereocenters. The first-order chi connectivity index (χ1) is 9.31. The summed E-state index contributed by atoms with van der Waals surface area (Å²) in [5.74, 6) is 1.08. The molecule has 3 aromatic rings. The number of fused-ring (bicyclic) bond motifs is 1. The number of halogens is 1. The van der Waals surface area contributed by atoms with E-state index in [-0.39, 0.29) is 0 Å². The lowest BCUT2D eigenvalue weighted by molar-refractivity contribution is 0.0990. The van der Waals surface area contributed by atoms with Gasteiger partial charge >= 0.3 is 0 Å². The van der Waals surface area contributed by atoms with Gasteiger partial charge in [-0.2, -0.15) is 0 Å². The number of aliphatic hydroxyl groups excluding tert-OH is 1. The van der Waals surface area contributed by atoms with E-state index in [0.717, 1.165) is 16.5 Å². The first-order valence-electron chi connectivity index (χ1n) is 5.81. The number of ether oxygens (including phenoxy) is 1. The molecule has 96 valence electrons. The summed E-state index contributed by atoms with van der Waals surface area (Å²) in [6.07, 6.45) is 0. The van der Waals surface area contributed by atoms with Crippen molar-refractivity contribution in [2.45, 2.75) is 0 Å². The molecular weight excluding hydrogens is 264 g/mol. The zero-order chi connectivity index (χ0) is 13.2. The first-order valence-corrected chi connectivity index (χ1v) is 6.19. The summed E-state index contributed by atoms with van der Waals surface area (Å²) in [4.78, 5) is 0. The van der Waals surface area contributed by atoms with Gasteiger partial charge in [-0.1, -0.05) is 35.9 Å². The van der Waals surface area contributed by atoms with Crippen molar-refractivity contribution < 1.29 is 14.3 Å². The van der Waals surface area contributed by atoms with Crippen LogP contribution in [0, 0.1) is 0 Å². The van der Waals surface area contributed by atoms with Crippen LogP contribution in [0.1, 0.15) is 0 Å². The van der Waals surface area contributed by atoms with Gasteiger partial charge < -0.3 is 14.3 Å². The molecule has 3 nitrogen and oxygen atoms in total. The highest BCUT2D eigenvalue weighted by Crippen LogP contribution is 2.40. The third-order valence-electron chi connectivity index (χ3n) is 2.89.